The van der Waals surface area contributed by atoms with Crippen molar-refractivity contribution in [2.75, 3.05) is 0 Å². The topological polar surface area (TPSA) is 52.9 Å². The second-order valence-corrected chi connectivity index (χ2v) is 5.20. The SMILES string of the molecule is CCC(C)(C#N)NC(=O)c1cc(Br)ccc1Cl. The van der Waals surface area contributed by atoms with Crippen LogP contribution in [0.25, 0.3) is 0 Å². The van der Waals surface area contributed by atoms with Crippen LogP contribution in [0.3, 0.4) is 0 Å². The lowest BCUT2D eigenvalue weighted by Crippen LogP contribution is -2.44. The van der Waals surface area contributed by atoms with Crippen molar-refractivity contribution >= 4 is 33.4 Å². The molecule has 90 valence electrons. The van der Waals surface area contributed by atoms with Crippen LogP contribution in [0.1, 0.15) is 30.6 Å². The van der Waals surface area contributed by atoms with Gasteiger partial charge in [-0.25, -0.2) is 0 Å². The van der Waals surface area contributed by atoms with Crippen molar-refractivity contribution < 1.29 is 4.79 Å². The maximum atomic E-state index is 12.0. The lowest BCUT2D eigenvalue weighted by atomic mass is 10.0. The Labute approximate surface area is 114 Å². The summed E-state index contributed by atoms with van der Waals surface area (Å²) in [5, 5.41) is 12.0. The second-order valence-electron chi connectivity index (χ2n) is 3.88. The van der Waals surface area contributed by atoms with Crippen LogP contribution in [0.15, 0.2) is 22.7 Å². The minimum atomic E-state index is -0.872. The lowest BCUT2D eigenvalue weighted by Gasteiger charge is -2.21. The third kappa shape index (κ3) is 3.45. The Bertz CT molecular complexity index is 484. The fraction of sp³-hybridized carbons (Fsp3) is 0.333. The average Bonchev–Trinajstić information content (AvgIpc) is 2.32. The first-order valence-electron chi connectivity index (χ1n) is 5.10. The summed E-state index contributed by atoms with van der Waals surface area (Å²) in [6, 6.07) is 7.09. The predicted molar refractivity (Wildman–Crippen MR) is 70.9 cm³/mol. The van der Waals surface area contributed by atoms with E-state index < -0.39 is 5.54 Å². The van der Waals surface area contributed by atoms with Crippen molar-refractivity contribution in [2.45, 2.75) is 25.8 Å². The molecule has 0 aromatic heterocycles. The number of halogens is 2. The van der Waals surface area contributed by atoms with Crippen LogP contribution in [-0.2, 0) is 0 Å². The molecule has 0 saturated carbocycles. The van der Waals surface area contributed by atoms with Gasteiger partial charge in [0.1, 0.15) is 5.54 Å². The van der Waals surface area contributed by atoms with Crippen molar-refractivity contribution in [2.24, 2.45) is 0 Å². The Hall–Kier alpha value is -1.05. The summed E-state index contributed by atoms with van der Waals surface area (Å²) in [7, 11) is 0. The molecule has 17 heavy (non-hydrogen) atoms. The van der Waals surface area contributed by atoms with Gasteiger partial charge in [0.2, 0.25) is 0 Å². The molecule has 1 aromatic rings. The van der Waals surface area contributed by atoms with Gasteiger partial charge in [-0.2, -0.15) is 5.26 Å². The fourth-order valence-corrected chi connectivity index (χ4v) is 1.75. The number of rotatable bonds is 3. The summed E-state index contributed by atoms with van der Waals surface area (Å²) in [6.45, 7) is 3.52. The zero-order chi connectivity index (χ0) is 13.1. The maximum absolute atomic E-state index is 12.0. The van der Waals surface area contributed by atoms with Crippen LogP contribution in [0.4, 0.5) is 0 Å². The largest absolute Gasteiger partial charge is 0.334 e. The summed E-state index contributed by atoms with van der Waals surface area (Å²) in [5.74, 6) is -0.345. The highest BCUT2D eigenvalue weighted by Crippen LogP contribution is 2.21. The number of carbonyl (C=O) groups is 1. The summed E-state index contributed by atoms with van der Waals surface area (Å²) in [4.78, 5) is 12.0. The van der Waals surface area contributed by atoms with E-state index in [4.69, 9.17) is 16.9 Å². The van der Waals surface area contributed by atoms with E-state index >= 15 is 0 Å². The second kappa shape index (κ2) is 5.52. The summed E-state index contributed by atoms with van der Waals surface area (Å²) >= 11 is 9.22. The molecule has 0 bridgehead atoms. The Balaban J connectivity index is 2.99. The van der Waals surface area contributed by atoms with E-state index in [0.29, 0.717) is 17.0 Å². The van der Waals surface area contributed by atoms with Crippen LogP contribution in [-0.4, -0.2) is 11.4 Å². The molecular weight excluding hydrogens is 304 g/mol. The number of benzene rings is 1. The zero-order valence-electron chi connectivity index (χ0n) is 9.55. The van der Waals surface area contributed by atoms with E-state index in [9.17, 15) is 4.79 Å². The van der Waals surface area contributed by atoms with Gasteiger partial charge in [0.05, 0.1) is 16.7 Å². The first-order chi connectivity index (χ1) is 7.91. The minimum absolute atomic E-state index is 0.345. The van der Waals surface area contributed by atoms with E-state index in [-0.39, 0.29) is 5.91 Å². The number of nitriles is 1. The molecule has 1 amide bonds. The molecule has 1 aromatic carbocycles. The van der Waals surface area contributed by atoms with Crippen LogP contribution >= 0.6 is 27.5 Å². The first-order valence-corrected chi connectivity index (χ1v) is 6.28. The van der Waals surface area contributed by atoms with Crippen LogP contribution in [0.5, 0.6) is 0 Å². The van der Waals surface area contributed by atoms with Gasteiger partial charge < -0.3 is 5.32 Å². The van der Waals surface area contributed by atoms with E-state index in [0.717, 1.165) is 4.47 Å². The highest BCUT2D eigenvalue weighted by molar-refractivity contribution is 9.10. The molecule has 0 spiro atoms. The molecule has 3 nitrogen and oxygen atoms in total. The quantitative estimate of drug-likeness (QED) is 0.927. The highest BCUT2D eigenvalue weighted by atomic mass is 79.9. The van der Waals surface area contributed by atoms with Gasteiger partial charge in [0.15, 0.2) is 0 Å². The van der Waals surface area contributed by atoms with Gasteiger partial charge in [0.25, 0.3) is 5.91 Å². The van der Waals surface area contributed by atoms with E-state index in [1.165, 1.54) is 0 Å². The predicted octanol–water partition coefficient (Wildman–Crippen LogP) is 3.52. The van der Waals surface area contributed by atoms with Crippen LogP contribution in [0, 0.1) is 11.3 Å². The molecule has 0 aliphatic rings. The number of hydrogen-bond acceptors (Lipinski definition) is 2. The highest BCUT2D eigenvalue weighted by Gasteiger charge is 2.25. The van der Waals surface area contributed by atoms with E-state index in [1.54, 1.807) is 25.1 Å². The number of nitrogens with one attached hydrogen (secondary N) is 1. The van der Waals surface area contributed by atoms with Crippen LogP contribution < -0.4 is 5.32 Å². The number of hydrogen-bond donors (Lipinski definition) is 1. The van der Waals surface area contributed by atoms with Gasteiger partial charge in [-0.3, -0.25) is 4.79 Å². The maximum Gasteiger partial charge on any atom is 0.254 e. The molecule has 0 radical (unpaired) electrons. The van der Waals surface area contributed by atoms with Gasteiger partial charge in [-0.05, 0) is 31.5 Å². The fourth-order valence-electron chi connectivity index (χ4n) is 1.18. The third-order valence-electron chi connectivity index (χ3n) is 2.52. The smallest absolute Gasteiger partial charge is 0.254 e. The number of carbonyl (C=O) groups excluding carboxylic acids is 1. The molecular formula is C12H12BrClN2O. The first kappa shape index (κ1) is 14.0. The molecule has 5 heteroatoms. The Morgan fingerprint density at radius 2 is 2.29 bits per heavy atom. The van der Waals surface area contributed by atoms with E-state index in [1.807, 2.05) is 6.92 Å². The van der Waals surface area contributed by atoms with Gasteiger partial charge in [-0.1, -0.05) is 34.5 Å². The lowest BCUT2D eigenvalue weighted by molar-refractivity contribution is 0.0923. The van der Waals surface area contributed by atoms with Crippen LogP contribution in [0.2, 0.25) is 5.02 Å². The van der Waals surface area contributed by atoms with Crippen molar-refractivity contribution in [1.29, 1.82) is 5.26 Å². The van der Waals surface area contributed by atoms with Gasteiger partial charge >= 0.3 is 0 Å². The molecule has 1 N–H and O–H groups in total. The monoisotopic (exact) mass is 314 g/mol. The molecule has 0 aliphatic heterocycles. The molecule has 1 rings (SSSR count). The standard InChI is InChI=1S/C12H12BrClN2O/c1-3-12(2,7-15)16-11(17)9-6-8(13)4-5-10(9)14/h4-6H,3H2,1-2H3,(H,16,17). The van der Waals surface area contributed by atoms with Gasteiger partial charge in [-0.15, -0.1) is 0 Å². The summed E-state index contributed by atoms with van der Waals surface area (Å²) < 4.78 is 0.766. The molecule has 0 heterocycles. The molecule has 1 atom stereocenters. The molecule has 0 fully saturated rings. The van der Waals surface area contributed by atoms with Crippen molar-refractivity contribution in [3.05, 3.63) is 33.3 Å². The van der Waals surface area contributed by atoms with Crippen molar-refractivity contribution in [3.63, 3.8) is 0 Å². The summed E-state index contributed by atoms with van der Waals surface area (Å²) in [6.07, 6.45) is 0.529. The Morgan fingerprint density at radius 3 is 2.82 bits per heavy atom. The van der Waals surface area contributed by atoms with Gasteiger partial charge in [0, 0.05) is 4.47 Å². The van der Waals surface area contributed by atoms with E-state index in [2.05, 4.69) is 27.3 Å². The summed E-state index contributed by atoms with van der Waals surface area (Å²) in [5.41, 5.74) is -0.515. The molecule has 0 saturated heterocycles. The van der Waals surface area contributed by atoms with Crippen molar-refractivity contribution in [3.8, 4) is 6.07 Å². The number of nitrogens with zero attached hydrogens (tertiary/aromatic N) is 1. The normalized spacial score (nSPS) is 13.6. The average molecular weight is 316 g/mol. The Morgan fingerprint density at radius 1 is 1.65 bits per heavy atom. The molecule has 0 aliphatic carbocycles. The number of amides is 1. The molecule has 1 unspecified atom stereocenters. The third-order valence-corrected chi connectivity index (χ3v) is 3.34. The van der Waals surface area contributed by atoms with Crippen molar-refractivity contribution in [1.82, 2.24) is 5.32 Å². The zero-order valence-corrected chi connectivity index (χ0v) is 11.9. The minimum Gasteiger partial charge on any atom is -0.334 e. The Kier molecular flexibility index (Phi) is 4.55.